The maximum atomic E-state index is 13.3. The molecule has 0 aliphatic rings. The van der Waals surface area contributed by atoms with Gasteiger partial charge in [0.25, 0.3) is 0 Å². The Morgan fingerprint density at radius 1 is 1.50 bits per heavy atom. The van der Waals surface area contributed by atoms with Crippen LogP contribution in [0.25, 0.3) is 0 Å². The Morgan fingerprint density at radius 3 is 2.69 bits per heavy atom. The van der Waals surface area contributed by atoms with Crippen molar-refractivity contribution in [2.75, 3.05) is 13.1 Å². The number of nitrogens with zero attached hydrogens (tertiary/aromatic N) is 1. The second kappa shape index (κ2) is 5.61. The van der Waals surface area contributed by atoms with Gasteiger partial charge in [0.2, 0.25) is 0 Å². The Kier molecular flexibility index (Phi) is 4.43. The highest BCUT2D eigenvalue weighted by Gasteiger charge is 2.09. The summed E-state index contributed by atoms with van der Waals surface area (Å²) in [6, 6.07) is 4.99. The standard InChI is InChI=1S/C12H16FNO2/c1-3-14(8-12(15)16)7-10-5-4-9(2)11(13)6-10/h4-6H,3,7-8H2,1-2H3,(H,15,16). The Labute approximate surface area is 94.5 Å². The van der Waals surface area contributed by atoms with Crippen molar-refractivity contribution in [1.82, 2.24) is 4.90 Å². The summed E-state index contributed by atoms with van der Waals surface area (Å²) in [4.78, 5) is 12.3. The van der Waals surface area contributed by atoms with Crippen LogP contribution in [0, 0.1) is 12.7 Å². The van der Waals surface area contributed by atoms with Crippen LogP contribution in [0.15, 0.2) is 18.2 Å². The molecule has 1 aromatic carbocycles. The second-order valence-electron chi connectivity index (χ2n) is 3.78. The quantitative estimate of drug-likeness (QED) is 0.833. The highest BCUT2D eigenvalue weighted by molar-refractivity contribution is 5.69. The lowest BCUT2D eigenvalue weighted by atomic mass is 10.1. The predicted molar refractivity (Wildman–Crippen MR) is 59.7 cm³/mol. The van der Waals surface area contributed by atoms with Crippen molar-refractivity contribution in [2.24, 2.45) is 0 Å². The fourth-order valence-electron chi connectivity index (χ4n) is 1.46. The van der Waals surface area contributed by atoms with E-state index < -0.39 is 5.97 Å². The van der Waals surface area contributed by atoms with E-state index in [1.54, 1.807) is 17.9 Å². The van der Waals surface area contributed by atoms with E-state index in [0.717, 1.165) is 5.56 Å². The minimum Gasteiger partial charge on any atom is -0.480 e. The van der Waals surface area contributed by atoms with E-state index in [4.69, 9.17) is 5.11 Å². The summed E-state index contributed by atoms with van der Waals surface area (Å²) in [5.41, 5.74) is 1.40. The average Bonchev–Trinajstić information content (AvgIpc) is 2.22. The summed E-state index contributed by atoms with van der Waals surface area (Å²) < 4.78 is 13.3. The van der Waals surface area contributed by atoms with Gasteiger partial charge in [-0.1, -0.05) is 19.1 Å². The van der Waals surface area contributed by atoms with Gasteiger partial charge < -0.3 is 5.11 Å². The topological polar surface area (TPSA) is 40.5 Å². The third kappa shape index (κ3) is 3.62. The summed E-state index contributed by atoms with van der Waals surface area (Å²) in [6.07, 6.45) is 0. The summed E-state index contributed by atoms with van der Waals surface area (Å²) >= 11 is 0. The molecule has 16 heavy (non-hydrogen) atoms. The monoisotopic (exact) mass is 225 g/mol. The molecule has 88 valence electrons. The first-order valence-corrected chi connectivity index (χ1v) is 5.22. The smallest absolute Gasteiger partial charge is 0.317 e. The van der Waals surface area contributed by atoms with Crippen LogP contribution < -0.4 is 0 Å². The molecule has 0 bridgehead atoms. The molecule has 1 aromatic rings. The number of likely N-dealkylation sites (N-methyl/N-ethyl adjacent to an activating group) is 1. The number of carboxylic acid groups (broad SMARTS) is 1. The number of halogens is 1. The highest BCUT2D eigenvalue weighted by Crippen LogP contribution is 2.11. The maximum Gasteiger partial charge on any atom is 0.317 e. The molecule has 3 nitrogen and oxygen atoms in total. The molecule has 0 atom stereocenters. The highest BCUT2D eigenvalue weighted by atomic mass is 19.1. The number of aryl methyl sites for hydroxylation is 1. The molecule has 0 unspecified atom stereocenters. The largest absolute Gasteiger partial charge is 0.480 e. The lowest BCUT2D eigenvalue weighted by Crippen LogP contribution is -2.29. The summed E-state index contributed by atoms with van der Waals surface area (Å²) in [7, 11) is 0. The molecule has 0 heterocycles. The lowest BCUT2D eigenvalue weighted by molar-refractivity contribution is -0.138. The number of rotatable bonds is 5. The van der Waals surface area contributed by atoms with Crippen LogP contribution in [0.1, 0.15) is 18.1 Å². The van der Waals surface area contributed by atoms with Gasteiger partial charge in [0.1, 0.15) is 5.82 Å². The Bertz CT molecular complexity index is 379. The molecule has 0 spiro atoms. The van der Waals surface area contributed by atoms with Crippen LogP contribution in [0.3, 0.4) is 0 Å². The molecule has 0 saturated carbocycles. The third-order valence-electron chi connectivity index (χ3n) is 2.45. The van der Waals surface area contributed by atoms with E-state index in [0.29, 0.717) is 18.7 Å². The van der Waals surface area contributed by atoms with E-state index in [-0.39, 0.29) is 12.4 Å². The van der Waals surface area contributed by atoms with E-state index in [1.165, 1.54) is 6.07 Å². The third-order valence-corrected chi connectivity index (χ3v) is 2.45. The zero-order chi connectivity index (χ0) is 12.1. The predicted octanol–water partition coefficient (Wildman–Crippen LogP) is 2.04. The Morgan fingerprint density at radius 2 is 2.19 bits per heavy atom. The summed E-state index contributed by atoms with van der Waals surface area (Å²) in [5.74, 6) is -1.11. The van der Waals surface area contributed by atoms with Crippen LogP contribution in [0.4, 0.5) is 4.39 Å². The average molecular weight is 225 g/mol. The molecule has 0 aliphatic carbocycles. The molecular weight excluding hydrogens is 209 g/mol. The molecular formula is C12H16FNO2. The van der Waals surface area contributed by atoms with Crippen LogP contribution >= 0.6 is 0 Å². The molecule has 0 saturated heterocycles. The second-order valence-corrected chi connectivity index (χ2v) is 3.78. The molecule has 1 rings (SSSR count). The maximum absolute atomic E-state index is 13.3. The van der Waals surface area contributed by atoms with Gasteiger partial charge in [0.05, 0.1) is 6.54 Å². The van der Waals surface area contributed by atoms with E-state index in [2.05, 4.69) is 0 Å². The molecule has 1 N–H and O–H groups in total. The summed E-state index contributed by atoms with van der Waals surface area (Å²) in [6.45, 7) is 4.65. The number of hydrogen-bond donors (Lipinski definition) is 1. The first-order valence-electron chi connectivity index (χ1n) is 5.22. The Balaban J connectivity index is 2.70. The van der Waals surface area contributed by atoms with Crippen molar-refractivity contribution in [3.05, 3.63) is 35.1 Å². The fraction of sp³-hybridized carbons (Fsp3) is 0.417. The van der Waals surface area contributed by atoms with Gasteiger partial charge in [0.15, 0.2) is 0 Å². The molecule has 0 amide bonds. The number of benzene rings is 1. The van der Waals surface area contributed by atoms with Gasteiger partial charge in [-0.2, -0.15) is 0 Å². The number of carboxylic acids is 1. The van der Waals surface area contributed by atoms with Gasteiger partial charge in [-0.25, -0.2) is 4.39 Å². The number of hydrogen-bond acceptors (Lipinski definition) is 2. The summed E-state index contributed by atoms with van der Waals surface area (Å²) in [5, 5.41) is 8.68. The van der Waals surface area contributed by atoms with E-state index in [1.807, 2.05) is 13.0 Å². The molecule has 0 fully saturated rings. The van der Waals surface area contributed by atoms with Crippen molar-refractivity contribution in [1.29, 1.82) is 0 Å². The number of carbonyl (C=O) groups is 1. The minimum absolute atomic E-state index is 0.0218. The molecule has 0 aliphatic heterocycles. The van der Waals surface area contributed by atoms with Crippen molar-refractivity contribution in [3.63, 3.8) is 0 Å². The van der Waals surface area contributed by atoms with E-state index in [9.17, 15) is 9.18 Å². The van der Waals surface area contributed by atoms with Crippen molar-refractivity contribution >= 4 is 5.97 Å². The van der Waals surface area contributed by atoms with E-state index >= 15 is 0 Å². The van der Waals surface area contributed by atoms with Gasteiger partial charge in [-0.15, -0.1) is 0 Å². The lowest BCUT2D eigenvalue weighted by Gasteiger charge is -2.18. The minimum atomic E-state index is -0.866. The van der Waals surface area contributed by atoms with Crippen molar-refractivity contribution < 1.29 is 14.3 Å². The van der Waals surface area contributed by atoms with Crippen LogP contribution in [-0.4, -0.2) is 29.1 Å². The van der Waals surface area contributed by atoms with Gasteiger partial charge in [-0.05, 0) is 30.7 Å². The normalized spacial score (nSPS) is 10.8. The Hall–Kier alpha value is -1.42. The zero-order valence-corrected chi connectivity index (χ0v) is 9.53. The first-order chi connectivity index (χ1) is 7.52. The van der Waals surface area contributed by atoms with Crippen molar-refractivity contribution in [2.45, 2.75) is 20.4 Å². The zero-order valence-electron chi connectivity index (χ0n) is 9.53. The van der Waals surface area contributed by atoms with Gasteiger partial charge in [-0.3, -0.25) is 9.69 Å². The van der Waals surface area contributed by atoms with Crippen LogP contribution in [0.2, 0.25) is 0 Å². The SMILES string of the molecule is CCN(CC(=O)O)Cc1ccc(C)c(F)c1. The van der Waals surface area contributed by atoms with Crippen LogP contribution in [0.5, 0.6) is 0 Å². The van der Waals surface area contributed by atoms with Gasteiger partial charge in [0, 0.05) is 6.54 Å². The fourth-order valence-corrected chi connectivity index (χ4v) is 1.46. The number of aliphatic carboxylic acids is 1. The molecule has 0 aromatic heterocycles. The van der Waals surface area contributed by atoms with Crippen molar-refractivity contribution in [3.8, 4) is 0 Å². The van der Waals surface area contributed by atoms with Crippen LogP contribution in [-0.2, 0) is 11.3 Å². The van der Waals surface area contributed by atoms with Gasteiger partial charge >= 0.3 is 5.97 Å². The molecule has 0 radical (unpaired) electrons. The first kappa shape index (κ1) is 12.6. The molecule has 4 heteroatoms.